The quantitative estimate of drug-likeness (QED) is 0.660. The first-order valence-electron chi connectivity index (χ1n) is 5.37. The molecule has 0 radical (unpaired) electrons. The lowest BCUT2D eigenvalue weighted by Crippen LogP contribution is -2.41. The minimum atomic E-state index is 0.116. The normalized spacial score (nSPS) is 10.5. The van der Waals surface area contributed by atoms with Crippen LogP contribution in [0, 0.1) is 11.3 Å². The Hall–Kier alpha value is -1.08. The van der Waals surface area contributed by atoms with Gasteiger partial charge in [0, 0.05) is 26.1 Å². The van der Waals surface area contributed by atoms with Crippen molar-refractivity contribution in [2.45, 2.75) is 33.2 Å². The fourth-order valence-electron chi connectivity index (χ4n) is 1.15. The van der Waals surface area contributed by atoms with E-state index in [9.17, 15) is 4.79 Å². The standard InChI is InChI=1S/C11H21N3O/c1-5-14(8-6-7-12)9-11(15)13(4)10(2)3/h10H,5-6,8-9H2,1-4H3. The van der Waals surface area contributed by atoms with Crippen molar-refractivity contribution in [2.24, 2.45) is 0 Å². The average Bonchev–Trinajstić information content (AvgIpc) is 2.22. The van der Waals surface area contributed by atoms with Gasteiger partial charge >= 0.3 is 0 Å². The molecule has 4 heteroatoms. The molecule has 0 aromatic heterocycles. The maximum atomic E-state index is 11.7. The predicted octanol–water partition coefficient (Wildman–Crippen LogP) is 1.09. The van der Waals surface area contributed by atoms with E-state index < -0.39 is 0 Å². The Balaban J connectivity index is 4.07. The van der Waals surface area contributed by atoms with Gasteiger partial charge in [-0.2, -0.15) is 5.26 Å². The van der Waals surface area contributed by atoms with Crippen LogP contribution in [0.2, 0.25) is 0 Å². The number of nitrogens with zero attached hydrogens (tertiary/aromatic N) is 3. The molecule has 0 bridgehead atoms. The summed E-state index contributed by atoms with van der Waals surface area (Å²) in [5.74, 6) is 0.116. The van der Waals surface area contributed by atoms with Gasteiger partial charge in [0.2, 0.25) is 5.91 Å². The molecule has 0 fully saturated rings. The van der Waals surface area contributed by atoms with Gasteiger partial charge in [-0.15, -0.1) is 0 Å². The molecule has 0 heterocycles. The predicted molar refractivity (Wildman–Crippen MR) is 60.3 cm³/mol. The molecule has 0 saturated heterocycles. The number of carbonyl (C=O) groups excluding carboxylic acids is 1. The van der Waals surface area contributed by atoms with Gasteiger partial charge in [-0.3, -0.25) is 9.69 Å². The maximum absolute atomic E-state index is 11.7. The van der Waals surface area contributed by atoms with E-state index in [0.717, 1.165) is 6.54 Å². The summed E-state index contributed by atoms with van der Waals surface area (Å²) in [5, 5.41) is 8.47. The average molecular weight is 211 g/mol. The smallest absolute Gasteiger partial charge is 0.236 e. The monoisotopic (exact) mass is 211 g/mol. The second kappa shape index (κ2) is 7.24. The summed E-state index contributed by atoms with van der Waals surface area (Å²) in [6, 6.07) is 2.32. The van der Waals surface area contributed by atoms with Crippen LogP contribution in [0.1, 0.15) is 27.2 Å². The Kier molecular flexibility index (Phi) is 6.72. The molecule has 0 saturated carbocycles. The Bertz CT molecular complexity index is 232. The third-order valence-corrected chi connectivity index (χ3v) is 2.51. The second-order valence-corrected chi connectivity index (χ2v) is 3.88. The zero-order valence-electron chi connectivity index (χ0n) is 10.2. The van der Waals surface area contributed by atoms with Gasteiger partial charge in [0.1, 0.15) is 0 Å². The molecule has 4 nitrogen and oxygen atoms in total. The van der Waals surface area contributed by atoms with Crippen molar-refractivity contribution in [3.63, 3.8) is 0 Å². The summed E-state index contributed by atoms with van der Waals surface area (Å²) in [6.07, 6.45) is 0.479. The fraction of sp³-hybridized carbons (Fsp3) is 0.818. The Morgan fingerprint density at radius 2 is 2.07 bits per heavy atom. The number of hydrogen-bond acceptors (Lipinski definition) is 3. The Labute approximate surface area is 92.5 Å². The highest BCUT2D eigenvalue weighted by Crippen LogP contribution is 1.98. The molecule has 0 aromatic rings. The SMILES string of the molecule is CCN(CCC#N)CC(=O)N(C)C(C)C. The minimum absolute atomic E-state index is 0.116. The van der Waals surface area contributed by atoms with Crippen LogP contribution >= 0.6 is 0 Å². The summed E-state index contributed by atoms with van der Waals surface area (Å²) in [6.45, 7) is 7.86. The lowest BCUT2D eigenvalue weighted by atomic mass is 10.3. The summed E-state index contributed by atoms with van der Waals surface area (Å²) >= 11 is 0. The van der Waals surface area contributed by atoms with Crippen LogP contribution in [0.15, 0.2) is 0 Å². The van der Waals surface area contributed by atoms with Crippen molar-refractivity contribution < 1.29 is 4.79 Å². The van der Waals surface area contributed by atoms with Crippen molar-refractivity contribution in [3.05, 3.63) is 0 Å². The molecule has 15 heavy (non-hydrogen) atoms. The molecule has 0 N–H and O–H groups in total. The molecule has 0 rings (SSSR count). The highest BCUT2D eigenvalue weighted by molar-refractivity contribution is 5.78. The summed E-state index contributed by atoms with van der Waals surface area (Å²) in [4.78, 5) is 15.4. The third-order valence-electron chi connectivity index (χ3n) is 2.51. The van der Waals surface area contributed by atoms with E-state index in [4.69, 9.17) is 5.26 Å². The Morgan fingerprint density at radius 1 is 1.47 bits per heavy atom. The fourth-order valence-corrected chi connectivity index (χ4v) is 1.15. The highest BCUT2D eigenvalue weighted by Gasteiger charge is 2.14. The number of likely N-dealkylation sites (N-methyl/N-ethyl adjacent to an activating group) is 2. The molecule has 0 aliphatic rings. The highest BCUT2D eigenvalue weighted by atomic mass is 16.2. The van der Waals surface area contributed by atoms with Crippen molar-refractivity contribution >= 4 is 5.91 Å². The Morgan fingerprint density at radius 3 is 2.47 bits per heavy atom. The summed E-state index contributed by atoms with van der Waals surface area (Å²) in [7, 11) is 1.81. The van der Waals surface area contributed by atoms with E-state index in [1.54, 1.807) is 4.90 Å². The molecule has 0 aliphatic heterocycles. The minimum Gasteiger partial charge on any atom is -0.342 e. The number of carbonyl (C=O) groups is 1. The van der Waals surface area contributed by atoms with Crippen LogP contribution in [0.5, 0.6) is 0 Å². The van der Waals surface area contributed by atoms with Gasteiger partial charge in [-0.25, -0.2) is 0 Å². The lowest BCUT2D eigenvalue weighted by Gasteiger charge is -2.25. The number of nitriles is 1. The van der Waals surface area contributed by atoms with Gasteiger partial charge in [0.25, 0.3) is 0 Å². The molecule has 0 aromatic carbocycles. The first-order chi connectivity index (χ1) is 7.02. The lowest BCUT2D eigenvalue weighted by molar-refractivity contribution is -0.132. The number of amides is 1. The van der Waals surface area contributed by atoms with Crippen molar-refractivity contribution in [1.82, 2.24) is 9.80 Å². The van der Waals surface area contributed by atoms with E-state index in [0.29, 0.717) is 19.5 Å². The molecule has 86 valence electrons. The maximum Gasteiger partial charge on any atom is 0.236 e. The van der Waals surface area contributed by atoms with Crippen LogP contribution < -0.4 is 0 Å². The van der Waals surface area contributed by atoms with E-state index in [2.05, 4.69) is 6.07 Å². The molecule has 0 aliphatic carbocycles. The summed E-state index contributed by atoms with van der Waals surface area (Å²) < 4.78 is 0. The van der Waals surface area contributed by atoms with Crippen LogP contribution in [-0.2, 0) is 4.79 Å². The largest absolute Gasteiger partial charge is 0.342 e. The van der Waals surface area contributed by atoms with E-state index in [-0.39, 0.29) is 11.9 Å². The third kappa shape index (κ3) is 5.38. The van der Waals surface area contributed by atoms with Gasteiger partial charge in [0.15, 0.2) is 0 Å². The van der Waals surface area contributed by atoms with Gasteiger partial charge in [0.05, 0.1) is 12.6 Å². The van der Waals surface area contributed by atoms with Crippen LogP contribution in [0.3, 0.4) is 0 Å². The zero-order valence-corrected chi connectivity index (χ0v) is 10.2. The van der Waals surface area contributed by atoms with Crippen LogP contribution in [0.25, 0.3) is 0 Å². The van der Waals surface area contributed by atoms with Gasteiger partial charge in [-0.1, -0.05) is 6.92 Å². The molecule has 0 unspecified atom stereocenters. The first kappa shape index (κ1) is 13.9. The van der Waals surface area contributed by atoms with E-state index in [1.807, 2.05) is 32.7 Å². The first-order valence-corrected chi connectivity index (χ1v) is 5.37. The van der Waals surface area contributed by atoms with Crippen molar-refractivity contribution in [2.75, 3.05) is 26.7 Å². The summed E-state index contributed by atoms with van der Waals surface area (Å²) in [5.41, 5.74) is 0. The molecular formula is C11H21N3O. The molecule has 0 atom stereocenters. The van der Waals surface area contributed by atoms with Crippen molar-refractivity contribution in [1.29, 1.82) is 5.26 Å². The van der Waals surface area contributed by atoms with Gasteiger partial charge in [-0.05, 0) is 20.4 Å². The number of hydrogen-bond donors (Lipinski definition) is 0. The van der Waals surface area contributed by atoms with Crippen molar-refractivity contribution in [3.8, 4) is 6.07 Å². The second-order valence-electron chi connectivity index (χ2n) is 3.88. The molecule has 1 amide bonds. The molecule has 0 spiro atoms. The van der Waals surface area contributed by atoms with Crippen LogP contribution in [0.4, 0.5) is 0 Å². The van der Waals surface area contributed by atoms with Gasteiger partial charge < -0.3 is 4.90 Å². The number of rotatable bonds is 6. The van der Waals surface area contributed by atoms with Crippen LogP contribution in [-0.4, -0.2) is 48.4 Å². The molecular weight excluding hydrogens is 190 g/mol. The van der Waals surface area contributed by atoms with E-state index >= 15 is 0 Å². The zero-order chi connectivity index (χ0) is 11.8. The van der Waals surface area contributed by atoms with E-state index in [1.165, 1.54) is 0 Å². The topological polar surface area (TPSA) is 47.3 Å².